The third-order valence-electron chi connectivity index (χ3n) is 4.35. The molecule has 0 bridgehead atoms. The van der Waals surface area contributed by atoms with Crippen LogP contribution in [0.25, 0.3) is 11.0 Å². The average Bonchev–Trinajstić information content (AvgIpc) is 2.53. The van der Waals surface area contributed by atoms with Crippen molar-refractivity contribution in [1.29, 1.82) is 0 Å². The minimum absolute atomic E-state index is 0. The lowest BCUT2D eigenvalue weighted by Crippen LogP contribution is -2.44. The molecule has 0 spiro atoms. The molecule has 22 heavy (non-hydrogen) atoms. The molecule has 0 saturated carbocycles. The van der Waals surface area contributed by atoms with Crippen LogP contribution in [0.5, 0.6) is 0 Å². The van der Waals surface area contributed by atoms with E-state index in [9.17, 15) is 4.79 Å². The lowest BCUT2D eigenvalue weighted by molar-refractivity contribution is 0.185. The van der Waals surface area contributed by atoms with Crippen molar-refractivity contribution in [2.75, 3.05) is 26.2 Å². The summed E-state index contributed by atoms with van der Waals surface area (Å²) in [4.78, 5) is 21.9. The van der Waals surface area contributed by atoms with Crippen molar-refractivity contribution >= 4 is 23.4 Å². The van der Waals surface area contributed by atoms with Crippen LogP contribution in [0.2, 0.25) is 0 Å². The number of nitrogens with zero attached hydrogens (tertiary/aromatic N) is 2. The third-order valence-corrected chi connectivity index (χ3v) is 4.35. The maximum absolute atomic E-state index is 11.9. The van der Waals surface area contributed by atoms with E-state index in [0.717, 1.165) is 54.8 Å². The molecule has 0 amide bonds. The van der Waals surface area contributed by atoms with Gasteiger partial charge in [-0.3, -0.25) is 14.7 Å². The summed E-state index contributed by atoms with van der Waals surface area (Å²) in [5.74, 6) is 0. The fourth-order valence-corrected chi connectivity index (χ4v) is 2.91. The Kier molecular flexibility index (Phi) is 5.56. The van der Waals surface area contributed by atoms with E-state index in [0.29, 0.717) is 6.04 Å². The summed E-state index contributed by atoms with van der Waals surface area (Å²) in [6.45, 7) is 8.34. The quantitative estimate of drug-likeness (QED) is 0.905. The second kappa shape index (κ2) is 7.22. The molecule has 1 aliphatic heterocycles. The van der Waals surface area contributed by atoms with Gasteiger partial charge in [0.1, 0.15) is 0 Å². The number of hydrogen-bond acceptors (Lipinski definition) is 4. The number of pyridine rings is 2. The molecule has 3 heterocycles. The van der Waals surface area contributed by atoms with Crippen LogP contribution in [0.1, 0.15) is 31.0 Å². The van der Waals surface area contributed by atoms with Crippen molar-refractivity contribution in [3.63, 3.8) is 0 Å². The van der Waals surface area contributed by atoms with E-state index in [1.54, 1.807) is 0 Å². The Labute approximate surface area is 136 Å². The molecule has 2 aromatic rings. The number of halogens is 1. The molecule has 1 aliphatic rings. The Morgan fingerprint density at radius 3 is 2.73 bits per heavy atom. The molecule has 0 aromatic carbocycles. The molecule has 0 radical (unpaired) electrons. The number of H-pyrrole nitrogens is 1. The van der Waals surface area contributed by atoms with Crippen LogP contribution < -0.4 is 10.9 Å². The first kappa shape index (κ1) is 16.9. The van der Waals surface area contributed by atoms with Crippen LogP contribution in [-0.2, 0) is 6.42 Å². The van der Waals surface area contributed by atoms with Crippen molar-refractivity contribution in [1.82, 2.24) is 20.2 Å². The van der Waals surface area contributed by atoms with Gasteiger partial charge in [-0.25, -0.2) is 0 Å². The summed E-state index contributed by atoms with van der Waals surface area (Å²) >= 11 is 0. The fraction of sp³-hybridized carbons (Fsp3) is 0.500. The molecule has 0 unspecified atom stereocenters. The van der Waals surface area contributed by atoms with E-state index in [1.807, 2.05) is 19.2 Å². The first-order valence-electron chi connectivity index (χ1n) is 7.65. The SMILES string of the molecule is CCc1cc2ncc([C@H](C)N3CCNCC3)cc2[nH]c1=O.Cl. The zero-order valence-electron chi connectivity index (χ0n) is 13.1. The first-order valence-corrected chi connectivity index (χ1v) is 7.65. The summed E-state index contributed by atoms with van der Waals surface area (Å²) in [5, 5.41) is 3.37. The maximum atomic E-state index is 11.9. The molecule has 5 nitrogen and oxygen atoms in total. The van der Waals surface area contributed by atoms with E-state index in [-0.39, 0.29) is 18.0 Å². The Bertz CT molecular complexity index is 694. The normalized spacial score (nSPS) is 17.2. The molecular formula is C16H23ClN4O. The predicted molar refractivity (Wildman–Crippen MR) is 91.8 cm³/mol. The summed E-state index contributed by atoms with van der Waals surface area (Å²) < 4.78 is 0. The molecule has 3 rings (SSSR count). The number of rotatable bonds is 3. The first-order chi connectivity index (χ1) is 10.2. The van der Waals surface area contributed by atoms with Gasteiger partial charge >= 0.3 is 0 Å². The lowest BCUT2D eigenvalue weighted by atomic mass is 10.1. The van der Waals surface area contributed by atoms with Crippen LogP contribution in [-0.4, -0.2) is 41.0 Å². The second-order valence-corrected chi connectivity index (χ2v) is 5.64. The molecule has 6 heteroatoms. The van der Waals surface area contributed by atoms with E-state index >= 15 is 0 Å². The predicted octanol–water partition coefficient (Wildman–Crippen LogP) is 1.87. The van der Waals surface area contributed by atoms with Crippen LogP contribution in [0.3, 0.4) is 0 Å². The molecule has 120 valence electrons. The zero-order valence-corrected chi connectivity index (χ0v) is 13.9. The molecule has 2 N–H and O–H groups in total. The van der Waals surface area contributed by atoms with E-state index in [1.165, 1.54) is 0 Å². The van der Waals surface area contributed by atoms with Crippen LogP contribution in [0, 0.1) is 0 Å². The molecule has 1 atom stereocenters. The minimum Gasteiger partial charge on any atom is -0.320 e. The van der Waals surface area contributed by atoms with E-state index < -0.39 is 0 Å². The van der Waals surface area contributed by atoms with Crippen molar-refractivity contribution < 1.29 is 0 Å². The van der Waals surface area contributed by atoms with E-state index in [2.05, 4.69) is 33.2 Å². The fourth-order valence-electron chi connectivity index (χ4n) is 2.91. The van der Waals surface area contributed by atoms with Crippen LogP contribution in [0.4, 0.5) is 0 Å². The monoisotopic (exact) mass is 322 g/mol. The summed E-state index contributed by atoms with van der Waals surface area (Å²) in [6, 6.07) is 4.28. The lowest BCUT2D eigenvalue weighted by Gasteiger charge is -2.32. The Morgan fingerprint density at radius 1 is 1.32 bits per heavy atom. The molecule has 1 saturated heterocycles. The summed E-state index contributed by atoms with van der Waals surface area (Å²) in [7, 11) is 0. The topological polar surface area (TPSA) is 61.0 Å². The third kappa shape index (κ3) is 3.32. The number of nitrogens with one attached hydrogen (secondary N) is 2. The number of aromatic amines is 1. The van der Waals surface area contributed by atoms with Gasteiger partial charge in [0.25, 0.3) is 5.56 Å². The largest absolute Gasteiger partial charge is 0.320 e. The van der Waals surface area contributed by atoms with Gasteiger partial charge in [0.2, 0.25) is 0 Å². The smallest absolute Gasteiger partial charge is 0.251 e. The standard InChI is InChI=1S/C16H22N4O.ClH/c1-3-12-8-14-15(19-16(12)21)9-13(10-18-14)11(2)20-6-4-17-5-7-20;/h8-11,17H,3-7H2,1-2H3,(H,19,21);1H/t11-;/m0./s1. The van der Waals surface area contributed by atoms with E-state index in [4.69, 9.17) is 0 Å². The molecule has 0 aliphatic carbocycles. The van der Waals surface area contributed by atoms with Crippen molar-refractivity contribution in [3.8, 4) is 0 Å². The highest BCUT2D eigenvalue weighted by molar-refractivity contribution is 5.85. The Balaban J connectivity index is 0.00000176. The average molecular weight is 323 g/mol. The van der Waals surface area contributed by atoms with Gasteiger partial charge in [-0.2, -0.15) is 0 Å². The maximum Gasteiger partial charge on any atom is 0.251 e. The zero-order chi connectivity index (χ0) is 14.8. The minimum atomic E-state index is -0.00113. The molecule has 1 fully saturated rings. The number of piperazine rings is 1. The van der Waals surface area contributed by atoms with Gasteiger partial charge in [-0.1, -0.05) is 6.92 Å². The van der Waals surface area contributed by atoms with Gasteiger partial charge in [0.15, 0.2) is 0 Å². The van der Waals surface area contributed by atoms with Crippen molar-refractivity contribution in [2.24, 2.45) is 0 Å². The highest BCUT2D eigenvalue weighted by Gasteiger charge is 2.18. The number of aryl methyl sites for hydroxylation is 1. The van der Waals surface area contributed by atoms with Crippen molar-refractivity contribution in [3.05, 3.63) is 39.8 Å². The summed E-state index contributed by atoms with van der Waals surface area (Å²) in [5.41, 5.74) is 3.64. The number of hydrogen-bond donors (Lipinski definition) is 2. The van der Waals surface area contributed by atoms with Gasteiger partial charge < -0.3 is 10.3 Å². The van der Waals surface area contributed by atoms with Gasteiger partial charge in [0, 0.05) is 44.0 Å². The van der Waals surface area contributed by atoms with Crippen LogP contribution in [0.15, 0.2) is 23.1 Å². The molecule has 2 aromatic heterocycles. The number of fused-ring (bicyclic) bond motifs is 1. The highest BCUT2D eigenvalue weighted by Crippen LogP contribution is 2.22. The number of aromatic nitrogens is 2. The Hall–Kier alpha value is -1.43. The van der Waals surface area contributed by atoms with Crippen molar-refractivity contribution in [2.45, 2.75) is 26.3 Å². The van der Waals surface area contributed by atoms with Gasteiger partial charge in [-0.15, -0.1) is 12.4 Å². The second-order valence-electron chi connectivity index (χ2n) is 5.64. The Morgan fingerprint density at radius 2 is 2.05 bits per heavy atom. The summed E-state index contributed by atoms with van der Waals surface area (Å²) in [6.07, 6.45) is 2.67. The highest BCUT2D eigenvalue weighted by atomic mass is 35.5. The van der Waals surface area contributed by atoms with Gasteiger partial charge in [0.05, 0.1) is 11.0 Å². The molecular weight excluding hydrogens is 300 g/mol. The van der Waals surface area contributed by atoms with Gasteiger partial charge in [-0.05, 0) is 31.0 Å². The van der Waals surface area contributed by atoms with Crippen LogP contribution >= 0.6 is 12.4 Å².